The van der Waals surface area contributed by atoms with Gasteiger partial charge < -0.3 is 0 Å². The zero-order valence-electron chi connectivity index (χ0n) is 11.6. The Labute approximate surface area is 123 Å². The highest BCUT2D eigenvalue weighted by molar-refractivity contribution is 6.30. The van der Waals surface area contributed by atoms with Crippen LogP contribution in [0, 0.1) is 19.7 Å². The Hall–Kier alpha value is -1.42. The minimum absolute atomic E-state index is 0.304. The highest BCUT2D eigenvalue weighted by Crippen LogP contribution is 2.24. The first-order valence-electron chi connectivity index (χ1n) is 6.48. The minimum atomic E-state index is -0.310. The molecule has 20 heavy (non-hydrogen) atoms. The van der Waals surface area contributed by atoms with Gasteiger partial charge >= 0.3 is 0 Å². The molecule has 1 unspecified atom stereocenters. The molecule has 2 aromatic carbocycles. The summed E-state index contributed by atoms with van der Waals surface area (Å²) in [5.74, 6) is 5.28. The normalized spacial score (nSPS) is 12.4. The number of hydrazine groups is 1. The van der Waals surface area contributed by atoms with Gasteiger partial charge in [-0.15, -0.1) is 0 Å². The molecule has 0 aromatic heterocycles. The van der Waals surface area contributed by atoms with Crippen molar-refractivity contribution in [1.29, 1.82) is 0 Å². The summed E-state index contributed by atoms with van der Waals surface area (Å²) in [4.78, 5) is 0. The highest BCUT2D eigenvalue weighted by Gasteiger charge is 2.16. The van der Waals surface area contributed by atoms with Gasteiger partial charge in [-0.25, -0.2) is 4.39 Å². The van der Waals surface area contributed by atoms with E-state index in [1.807, 2.05) is 13.8 Å². The number of hydrogen-bond donors (Lipinski definition) is 2. The van der Waals surface area contributed by atoms with Crippen molar-refractivity contribution in [3.8, 4) is 0 Å². The van der Waals surface area contributed by atoms with Crippen LogP contribution in [0.2, 0.25) is 5.02 Å². The van der Waals surface area contributed by atoms with E-state index in [9.17, 15) is 4.39 Å². The van der Waals surface area contributed by atoms with Crippen LogP contribution in [0.5, 0.6) is 0 Å². The largest absolute Gasteiger partial charge is 0.271 e. The van der Waals surface area contributed by atoms with Crippen molar-refractivity contribution in [2.24, 2.45) is 5.84 Å². The van der Waals surface area contributed by atoms with Gasteiger partial charge in [-0.05, 0) is 44.0 Å². The van der Waals surface area contributed by atoms with E-state index in [1.54, 1.807) is 6.07 Å². The number of benzene rings is 2. The molecule has 0 heterocycles. The van der Waals surface area contributed by atoms with E-state index in [0.29, 0.717) is 17.0 Å². The summed E-state index contributed by atoms with van der Waals surface area (Å²) < 4.78 is 13.9. The number of nitrogens with one attached hydrogen (secondary N) is 1. The van der Waals surface area contributed by atoms with Crippen LogP contribution < -0.4 is 11.3 Å². The fraction of sp³-hybridized carbons (Fsp3) is 0.250. The molecule has 2 nitrogen and oxygen atoms in total. The number of aryl methyl sites for hydroxylation is 2. The van der Waals surface area contributed by atoms with E-state index in [-0.39, 0.29) is 11.9 Å². The molecule has 0 bridgehead atoms. The molecule has 0 aliphatic rings. The van der Waals surface area contributed by atoms with Gasteiger partial charge in [0.05, 0.1) is 6.04 Å². The summed E-state index contributed by atoms with van der Waals surface area (Å²) in [6.07, 6.45) is 0.607. The van der Waals surface area contributed by atoms with Gasteiger partial charge in [0.1, 0.15) is 5.82 Å². The summed E-state index contributed by atoms with van der Waals surface area (Å²) in [7, 11) is 0. The van der Waals surface area contributed by atoms with Gasteiger partial charge in [0.2, 0.25) is 0 Å². The fourth-order valence-corrected chi connectivity index (χ4v) is 2.64. The first-order chi connectivity index (χ1) is 9.49. The number of nitrogens with two attached hydrogens (primary N) is 1. The van der Waals surface area contributed by atoms with E-state index in [4.69, 9.17) is 17.4 Å². The second-order valence-electron chi connectivity index (χ2n) is 5.09. The van der Waals surface area contributed by atoms with Crippen molar-refractivity contribution in [1.82, 2.24) is 5.43 Å². The van der Waals surface area contributed by atoms with Crippen LogP contribution in [-0.2, 0) is 6.42 Å². The van der Waals surface area contributed by atoms with Crippen LogP contribution in [0.4, 0.5) is 4.39 Å². The number of hydrogen-bond acceptors (Lipinski definition) is 2. The maximum atomic E-state index is 13.9. The van der Waals surface area contributed by atoms with Gasteiger partial charge in [0.25, 0.3) is 0 Å². The van der Waals surface area contributed by atoms with Crippen molar-refractivity contribution in [3.63, 3.8) is 0 Å². The quantitative estimate of drug-likeness (QED) is 0.664. The highest BCUT2D eigenvalue weighted by atomic mass is 35.5. The molecular weight excluding hydrogens is 275 g/mol. The molecule has 2 rings (SSSR count). The van der Waals surface area contributed by atoms with Gasteiger partial charge in [0, 0.05) is 10.6 Å². The Morgan fingerprint density at radius 3 is 2.40 bits per heavy atom. The Balaban J connectivity index is 2.31. The SMILES string of the molecule is Cc1cc(C)cc(CC(NN)c2cc(Cl)ccc2F)c1. The molecule has 0 amide bonds. The Bertz CT molecular complexity index is 593. The van der Waals surface area contributed by atoms with Crippen molar-refractivity contribution in [3.05, 3.63) is 69.5 Å². The Morgan fingerprint density at radius 1 is 1.15 bits per heavy atom. The molecule has 1 atom stereocenters. The van der Waals surface area contributed by atoms with Crippen LogP contribution in [-0.4, -0.2) is 0 Å². The monoisotopic (exact) mass is 292 g/mol. The van der Waals surface area contributed by atoms with Gasteiger partial charge in [-0.3, -0.25) is 11.3 Å². The molecule has 0 saturated heterocycles. The fourth-order valence-electron chi connectivity index (χ4n) is 2.46. The molecule has 2 aromatic rings. The summed E-state index contributed by atoms with van der Waals surface area (Å²) in [6, 6.07) is 10.5. The second kappa shape index (κ2) is 6.35. The number of halogens is 2. The molecule has 0 radical (unpaired) electrons. The lowest BCUT2D eigenvalue weighted by molar-refractivity contribution is 0.510. The second-order valence-corrected chi connectivity index (χ2v) is 5.52. The van der Waals surface area contributed by atoms with Gasteiger partial charge in [0.15, 0.2) is 0 Å². The topological polar surface area (TPSA) is 38.0 Å². The third-order valence-electron chi connectivity index (χ3n) is 3.26. The molecule has 3 N–H and O–H groups in total. The lowest BCUT2D eigenvalue weighted by atomic mass is 9.96. The van der Waals surface area contributed by atoms with Crippen molar-refractivity contribution in [2.45, 2.75) is 26.3 Å². The third kappa shape index (κ3) is 3.57. The van der Waals surface area contributed by atoms with Crippen LogP contribution in [0.1, 0.15) is 28.3 Å². The summed E-state index contributed by atoms with van der Waals surface area (Å²) in [5, 5.41) is 0.502. The predicted molar refractivity (Wildman–Crippen MR) is 81.1 cm³/mol. The zero-order chi connectivity index (χ0) is 14.7. The van der Waals surface area contributed by atoms with Gasteiger partial charge in [-0.1, -0.05) is 40.9 Å². The lowest BCUT2D eigenvalue weighted by Crippen LogP contribution is -2.30. The van der Waals surface area contributed by atoms with Crippen molar-refractivity contribution in [2.75, 3.05) is 0 Å². The van der Waals surface area contributed by atoms with Crippen molar-refractivity contribution < 1.29 is 4.39 Å². The standard InChI is InChI=1S/C16H18ClFN2/c1-10-5-11(2)7-12(6-10)8-16(20-19)14-9-13(17)3-4-15(14)18/h3-7,9,16,20H,8,19H2,1-2H3. The molecule has 0 aliphatic carbocycles. The third-order valence-corrected chi connectivity index (χ3v) is 3.49. The van der Waals surface area contributed by atoms with E-state index in [2.05, 4.69) is 23.6 Å². The first kappa shape index (κ1) is 15.0. The van der Waals surface area contributed by atoms with Crippen LogP contribution in [0.15, 0.2) is 36.4 Å². The maximum Gasteiger partial charge on any atom is 0.128 e. The lowest BCUT2D eigenvalue weighted by Gasteiger charge is -2.18. The molecule has 106 valence electrons. The Morgan fingerprint density at radius 2 is 1.80 bits per heavy atom. The molecule has 0 aliphatic heterocycles. The van der Waals surface area contributed by atoms with Crippen LogP contribution >= 0.6 is 11.6 Å². The van der Waals surface area contributed by atoms with Crippen LogP contribution in [0.25, 0.3) is 0 Å². The first-order valence-corrected chi connectivity index (χ1v) is 6.85. The average Bonchev–Trinajstić information content (AvgIpc) is 2.38. The van der Waals surface area contributed by atoms with Crippen LogP contribution in [0.3, 0.4) is 0 Å². The average molecular weight is 293 g/mol. The number of rotatable bonds is 4. The van der Waals surface area contributed by atoms with E-state index >= 15 is 0 Å². The smallest absolute Gasteiger partial charge is 0.128 e. The molecule has 4 heteroatoms. The van der Waals surface area contributed by atoms with E-state index in [1.165, 1.54) is 23.3 Å². The molecular formula is C16H18ClFN2. The molecule has 0 spiro atoms. The van der Waals surface area contributed by atoms with E-state index in [0.717, 1.165) is 5.56 Å². The molecule has 0 fully saturated rings. The summed E-state index contributed by atoms with van der Waals surface area (Å²) >= 11 is 5.94. The maximum absolute atomic E-state index is 13.9. The van der Waals surface area contributed by atoms with Gasteiger partial charge in [-0.2, -0.15) is 0 Å². The van der Waals surface area contributed by atoms with E-state index < -0.39 is 0 Å². The molecule has 0 saturated carbocycles. The summed E-state index contributed by atoms with van der Waals surface area (Å²) in [6.45, 7) is 4.09. The minimum Gasteiger partial charge on any atom is -0.271 e. The predicted octanol–water partition coefficient (Wildman–Crippen LogP) is 3.84. The van der Waals surface area contributed by atoms with Crippen molar-refractivity contribution >= 4 is 11.6 Å². The zero-order valence-corrected chi connectivity index (χ0v) is 12.3. The summed E-state index contributed by atoms with van der Waals surface area (Å²) in [5.41, 5.74) is 6.64. The Kier molecular flexibility index (Phi) is 4.76.